The van der Waals surface area contributed by atoms with Gasteiger partial charge < -0.3 is 9.47 Å². The standard InChI is InChI=1S/C54H36N2S/c1-3-16-37(17-4-1)42-20-7-8-24-47(42)54-43(38-18-5-2-6-19-38)25-15-28-51(54)55(41-34-35-53-48(36-41)46-23-11-14-29-52(46)57-53)39-30-32-40(33-31-39)56-49-26-12-9-21-44(49)45-22-10-13-27-50(45)56/h1-36H. The van der Waals surface area contributed by atoms with Crippen LogP contribution in [-0.2, 0) is 0 Å². The second kappa shape index (κ2) is 13.8. The number of thiophene rings is 1. The molecule has 0 unspecified atom stereocenters. The molecular formula is C54H36N2S. The van der Waals surface area contributed by atoms with Gasteiger partial charge >= 0.3 is 0 Å². The van der Waals surface area contributed by atoms with Crippen LogP contribution in [0.5, 0.6) is 0 Å². The Balaban J connectivity index is 1.18. The van der Waals surface area contributed by atoms with Crippen molar-refractivity contribution in [1.82, 2.24) is 4.57 Å². The van der Waals surface area contributed by atoms with Crippen LogP contribution in [0.1, 0.15) is 0 Å². The Kier molecular flexibility index (Phi) is 8.04. The molecule has 0 bridgehead atoms. The van der Waals surface area contributed by atoms with Gasteiger partial charge in [0.1, 0.15) is 0 Å². The Hall–Kier alpha value is -7.20. The molecule has 11 aromatic rings. The lowest BCUT2D eigenvalue weighted by atomic mass is 9.87. The van der Waals surface area contributed by atoms with Gasteiger partial charge in [0.2, 0.25) is 0 Å². The molecule has 2 aromatic heterocycles. The van der Waals surface area contributed by atoms with E-state index >= 15 is 0 Å². The quantitative estimate of drug-likeness (QED) is 0.158. The third-order valence-electron chi connectivity index (χ3n) is 11.2. The molecule has 0 saturated carbocycles. The monoisotopic (exact) mass is 744 g/mol. The van der Waals surface area contributed by atoms with E-state index in [0.717, 1.165) is 22.7 Å². The molecule has 268 valence electrons. The zero-order chi connectivity index (χ0) is 37.7. The minimum absolute atomic E-state index is 1.09. The summed E-state index contributed by atoms with van der Waals surface area (Å²) in [6.07, 6.45) is 0. The lowest BCUT2D eigenvalue weighted by Gasteiger charge is -2.30. The highest BCUT2D eigenvalue weighted by molar-refractivity contribution is 7.25. The Morgan fingerprint density at radius 1 is 0.351 bits per heavy atom. The minimum atomic E-state index is 1.09. The van der Waals surface area contributed by atoms with E-state index < -0.39 is 0 Å². The Morgan fingerprint density at radius 3 is 1.58 bits per heavy atom. The predicted molar refractivity (Wildman–Crippen MR) is 245 cm³/mol. The summed E-state index contributed by atoms with van der Waals surface area (Å²) >= 11 is 1.85. The van der Waals surface area contributed by atoms with E-state index in [1.165, 1.54) is 75.4 Å². The van der Waals surface area contributed by atoms with Crippen LogP contribution < -0.4 is 4.90 Å². The highest BCUT2D eigenvalue weighted by atomic mass is 32.1. The van der Waals surface area contributed by atoms with Crippen LogP contribution >= 0.6 is 11.3 Å². The van der Waals surface area contributed by atoms with Gasteiger partial charge in [-0.25, -0.2) is 0 Å². The number of hydrogen-bond acceptors (Lipinski definition) is 2. The minimum Gasteiger partial charge on any atom is -0.310 e. The van der Waals surface area contributed by atoms with E-state index in [0.29, 0.717) is 0 Å². The summed E-state index contributed by atoms with van der Waals surface area (Å²) < 4.78 is 4.98. The first-order chi connectivity index (χ1) is 28.3. The van der Waals surface area contributed by atoms with Crippen LogP contribution in [0.4, 0.5) is 17.1 Å². The van der Waals surface area contributed by atoms with E-state index in [9.17, 15) is 0 Å². The van der Waals surface area contributed by atoms with Gasteiger partial charge in [-0.2, -0.15) is 0 Å². The molecule has 0 spiro atoms. The lowest BCUT2D eigenvalue weighted by Crippen LogP contribution is -2.12. The average molecular weight is 745 g/mol. The molecule has 0 N–H and O–H groups in total. The van der Waals surface area contributed by atoms with Gasteiger partial charge in [0.05, 0.1) is 16.7 Å². The summed E-state index contributed by atoms with van der Waals surface area (Å²) in [6, 6.07) is 79.5. The van der Waals surface area contributed by atoms with E-state index in [-0.39, 0.29) is 0 Å². The van der Waals surface area contributed by atoms with Crippen molar-refractivity contribution in [2.24, 2.45) is 0 Å². The smallest absolute Gasteiger partial charge is 0.0546 e. The molecule has 9 aromatic carbocycles. The molecule has 0 aliphatic heterocycles. The van der Waals surface area contributed by atoms with Crippen LogP contribution in [0.3, 0.4) is 0 Å². The lowest BCUT2D eigenvalue weighted by molar-refractivity contribution is 1.17. The van der Waals surface area contributed by atoms with Gasteiger partial charge in [-0.3, -0.25) is 0 Å². The topological polar surface area (TPSA) is 8.17 Å². The average Bonchev–Trinajstić information content (AvgIpc) is 3.83. The second-order valence-corrected chi connectivity index (χ2v) is 15.6. The Morgan fingerprint density at radius 2 is 0.877 bits per heavy atom. The van der Waals surface area contributed by atoms with Gasteiger partial charge in [-0.05, 0) is 94.5 Å². The maximum atomic E-state index is 2.46. The third-order valence-corrected chi connectivity index (χ3v) is 12.4. The Labute approximate surface area is 335 Å². The molecule has 0 saturated heterocycles. The summed E-state index contributed by atoms with van der Waals surface area (Å²) in [7, 11) is 0. The normalized spacial score (nSPS) is 11.5. The molecule has 0 fully saturated rings. The number of nitrogens with zero attached hydrogens (tertiary/aromatic N) is 2. The predicted octanol–water partition coefficient (Wildman–Crippen LogP) is 15.6. The number of benzene rings is 9. The summed E-state index contributed by atoms with van der Waals surface area (Å²) in [4.78, 5) is 2.46. The van der Waals surface area contributed by atoms with Crippen molar-refractivity contribution >= 4 is 70.4 Å². The molecule has 0 aliphatic carbocycles. The highest BCUT2D eigenvalue weighted by Gasteiger charge is 2.23. The second-order valence-electron chi connectivity index (χ2n) is 14.5. The van der Waals surface area contributed by atoms with Crippen molar-refractivity contribution < 1.29 is 0 Å². The van der Waals surface area contributed by atoms with Gasteiger partial charge in [0, 0.05) is 53.6 Å². The molecule has 0 radical (unpaired) electrons. The van der Waals surface area contributed by atoms with E-state index in [4.69, 9.17) is 0 Å². The third kappa shape index (κ3) is 5.63. The summed E-state index contributed by atoms with van der Waals surface area (Å²) in [6.45, 7) is 0. The summed E-state index contributed by atoms with van der Waals surface area (Å²) in [5.74, 6) is 0. The number of aromatic nitrogens is 1. The molecule has 0 aliphatic rings. The summed E-state index contributed by atoms with van der Waals surface area (Å²) in [5.41, 5.74) is 14.0. The van der Waals surface area contributed by atoms with Crippen LogP contribution in [-0.4, -0.2) is 4.57 Å². The zero-order valence-electron chi connectivity index (χ0n) is 31.1. The molecule has 2 nitrogen and oxygen atoms in total. The van der Waals surface area contributed by atoms with Gasteiger partial charge in [-0.15, -0.1) is 11.3 Å². The van der Waals surface area contributed by atoms with Crippen molar-refractivity contribution in [3.05, 3.63) is 218 Å². The van der Waals surface area contributed by atoms with Crippen molar-refractivity contribution in [1.29, 1.82) is 0 Å². The van der Waals surface area contributed by atoms with E-state index in [2.05, 4.69) is 228 Å². The van der Waals surface area contributed by atoms with Crippen molar-refractivity contribution in [2.75, 3.05) is 4.90 Å². The van der Waals surface area contributed by atoms with Crippen LogP contribution in [0.15, 0.2) is 218 Å². The number of fused-ring (bicyclic) bond motifs is 6. The van der Waals surface area contributed by atoms with Crippen LogP contribution in [0, 0.1) is 0 Å². The molecule has 3 heteroatoms. The molecule has 57 heavy (non-hydrogen) atoms. The fraction of sp³-hybridized carbons (Fsp3) is 0. The van der Waals surface area contributed by atoms with Crippen molar-refractivity contribution in [3.8, 4) is 39.1 Å². The molecule has 2 heterocycles. The van der Waals surface area contributed by atoms with Crippen LogP contribution in [0.2, 0.25) is 0 Å². The number of para-hydroxylation sites is 2. The fourth-order valence-corrected chi connectivity index (χ4v) is 9.76. The SMILES string of the molecule is c1ccc(-c2ccccc2-c2c(-c3ccccc3)cccc2N(c2ccc(-n3c4ccccc4c4ccccc43)cc2)c2ccc3sc4ccccc4c3c2)cc1. The largest absolute Gasteiger partial charge is 0.310 e. The molecule has 0 amide bonds. The first-order valence-corrected chi connectivity index (χ1v) is 20.3. The van der Waals surface area contributed by atoms with Gasteiger partial charge in [0.15, 0.2) is 0 Å². The van der Waals surface area contributed by atoms with Crippen molar-refractivity contribution in [2.45, 2.75) is 0 Å². The molecule has 0 atom stereocenters. The number of hydrogen-bond donors (Lipinski definition) is 0. The highest BCUT2D eigenvalue weighted by Crippen LogP contribution is 2.49. The first-order valence-electron chi connectivity index (χ1n) is 19.4. The number of anilines is 3. The maximum Gasteiger partial charge on any atom is 0.0546 e. The fourth-order valence-electron chi connectivity index (χ4n) is 8.67. The van der Waals surface area contributed by atoms with Crippen LogP contribution in [0.25, 0.3) is 81.0 Å². The zero-order valence-corrected chi connectivity index (χ0v) is 31.9. The van der Waals surface area contributed by atoms with E-state index in [1.54, 1.807) is 0 Å². The first kappa shape index (κ1) is 33.2. The molecule has 11 rings (SSSR count). The Bertz CT molecular complexity index is 3180. The van der Waals surface area contributed by atoms with Crippen molar-refractivity contribution in [3.63, 3.8) is 0 Å². The van der Waals surface area contributed by atoms with Gasteiger partial charge in [0.25, 0.3) is 0 Å². The van der Waals surface area contributed by atoms with E-state index in [1.807, 2.05) is 11.3 Å². The molecular weight excluding hydrogens is 709 g/mol. The maximum absolute atomic E-state index is 2.46. The number of rotatable bonds is 7. The summed E-state index contributed by atoms with van der Waals surface area (Å²) in [5, 5.41) is 5.07. The van der Waals surface area contributed by atoms with Gasteiger partial charge in [-0.1, -0.05) is 152 Å².